The fraction of sp³-hybridized carbons (Fsp3) is 0.375. The number of ether oxygens (including phenoxy) is 3. The van der Waals surface area contributed by atoms with Gasteiger partial charge in [0.05, 0.1) is 37.6 Å². The van der Waals surface area contributed by atoms with Gasteiger partial charge in [-0.3, -0.25) is 0 Å². The molecule has 3 aromatic rings. The number of halogens is 2. The van der Waals surface area contributed by atoms with E-state index in [9.17, 15) is 10.4 Å². The zero-order valence-corrected chi connectivity index (χ0v) is 21.3. The van der Waals surface area contributed by atoms with Crippen molar-refractivity contribution in [2.45, 2.75) is 18.4 Å². The van der Waals surface area contributed by atoms with E-state index in [2.05, 4.69) is 15.2 Å². The van der Waals surface area contributed by atoms with Gasteiger partial charge in [0, 0.05) is 46.7 Å². The maximum Gasteiger partial charge on any atom is 0.215 e. The van der Waals surface area contributed by atoms with Gasteiger partial charge >= 0.3 is 0 Å². The molecule has 2 aromatic carbocycles. The normalized spacial score (nSPS) is 22.4. The molecule has 5 rings (SSSR count). The molecule has 37 heavy (non-hydrogen) atoms. The van der Waals surface area contributed by atoms with Crippen LogP contribution in [0.2, 0.25) is 10.0 Å². The zero-order valence-electron chi connectivity index (χ0n) is 19.8. The minimum atomic E-state index is -1.11. The summed E-state index contributed by atoms with van der Waals surface area (Å²) >= 11 is 12.6. The van der Waals surface area contributed by atoms with Gasteiger partial charge in [-0.15, -0.1) is 5.01 Å². The molecule has 11 nitrogen and oxygen atoms in total. The van der Waals surface area contributed by atoms with E-state index in [4.69, 9.17) is 37.4 Å². The first-order valence-electron chi connectivity index (χ1n) is 11.7. The van der Waals surface area contributed by atoms with E-state index in [1.54, 1.807) is 24.7 Å². The molecule has 0 bridgehead atoms. The van der Waals surface area contributed by atoms with Crippen molar-refractivity contribution >= 4 is 28.9 Å². The number of anilines is 1. The van der Waals surface area contributed by atoms with Crippen LogP contribution in [0.5, 0.6) is 5.75 Å². The van der Waals surface area contributed by atoms with Crippen LogP contribution in [-0.2, 0) is 21.8 Å². The molecule has 2 atom stereocenters. The van der Waals surface area contributed by atoms with Gasteiger partial charge in [-0.2, -0.15) is 0 Å². The number of aromatic nitrogens is 2. The van der Waals surface area contributed by atoms with Crippen LogP contribution in [0.15, 0.2) is 66.5 Å². The first-order valence-corrected chi connectivity index (χ1v) is 12.5. The molecule has 0 saturated carbocycles. The third-order valence-corrected chi connectivity index (χ3v) is 6.90. The van der Waals surface area contributed by atoms with Crippen LogP contribution in [0, 0.1) is 10.4 Å². The van der Waals surface area contributed by atoms with Crippen molar-refractivity contribution in [2.75, 3.05) is 44.3 Å². The van der Waals surface area contributed by atoms with Gasteiger partial charge in [-0.1, -0.05) is 29.3 Å². The Hall–Kier alpha value is -3.25. The highest BCUT2D eigenvalue weighted by Crippen LogP contribution is 2.40. The van der Waals surface area contributed by atoms with Gasteiger partial charge < -0.3 is 34.1 Å². The largest absolute Gasteiger partial charge is 0.737 e. The molecule has 0 radical (unpaired) electrons. The van der Waals surface area contributed by atoms with Crippen LogP contribution in [-0.4, -0.2) is 65.0 Å². The molecule has 0 aliphatic carbocycles. The lowest BCUT2D eigenvalue weighted by atomic mass is 10.1. The third kappa shape index (κ3) is 5.69. The molecule has 3 heterocycles. The van der Waals surface area contributed by atoms with E-state index in [0.717, 1.165) is 5.69 Å². The van der Waals surface area contributed by atoms with Crippen molar-refractivity contribution in [1.82, 2.24) is 14.6 Å². The van der Waals surface area contributed by atoms with Crippen molar-refractivity contribution in [2.24, 2.45) is 5.28 Å². The Labute approximate surface area is 223 Å². The van der Waals surface area contributed by atoms with Gasteiger partial charge in [0.25, 0.3) is 0 Å². The average Bonchev–Trinajstić information content (AvgIpc) is 3.58. The van der Waals surface area contributed by atoms with E-state index in [1.165, 1.54) is 5.01 Å². The Morgan fingerprint density at radius 3 is 2.59 bits per heavy atom. The topological polar surface area (TPSA) is 113 Å². The molecule has 0 amide bonds. The summed E-state index contributed by atoms with van der Waals surface area (Å²) in [6.07, 6.45) is 4.89. The van der Waals surface area contributed by atoms with E-state index < -0.39 is 5.79 Å². The quantitative estimate of drug-likeness (QED) is 0.236. The van der Waals surface area contributed by atoms with Crippen molar-refractivity contribution in [1.29, 1.82) is 0 Å². The Morgan fingerprint density at radius 2 is 1.92 bits per heavy atom. The van der Waals surface area contributed by atoms with Crippen molar-refractivity contribution in [3.8, 4) is 5.75 Å². The van der Waals surface area contributed by atoms with Crippen LogP contribution >= 0.6 is 23.2 Å². The van der Waals surface area contributed by atoms with E-state index in [0.29, 0.717) is 60.7 Å². The zero-order chi connectivity index (χ0) is 25.8. The SMILES string of the molecule is [O-]/N=[N+](\[O-])N1CCN(c2ccc(OC[C@H]3CO[C@](Cn4ccnc4)(c4ccc(Cl)cc4Cl)O3)cc2)CC1. The number of benzene rings is 2. The third-order valence-electron chi connectivity index (χ3n) is 6.36. The predicted octanol–water partition coefficient (Wildman–Crippen LogP) is 4.03. The molecular formula is C24H25Cl2N6O5-. The second-order valence-electron chi connectivity index (χ2n) is 8.74. The van der Waals surface area contributed by atoms with Crippen molar-refractivity contribution in [3.05, 3.63) is 87.2 Å². The molecule has 0 spiro atoms. The summed E-state index contributed by atoms with van der Waals surface area (Å²) in [5.41, 5.74) is 1.68. The lowest BCUT2D eigenvalue weighted by molar-refractivity contribution is -0.690. The summed E-state index contributed by atoms with van der Waals surface area (Å²) in [4.78, 5) is 6.35. The molecule has 196 valence electrons. The van der Waals surface area contributed by atoms with Crippen LogP contribution < -0.4 is 9.64 Å². The molecule has 13 heteroatoms. The molecule has 2 fully saturated rings. The molecule has 2 aliphatic heterocycles. The number of rotatable bonds is 8. The summed E-state index contributed by atoms with van der Waals surface area (Å²) in [5, 5.41) is 26.5. The van der Waals surface area contributed by atoms with E-state index >= 15 is 0 Å². The van der Waals surface area contributed by atoms with Gasteiger partial charge in [0.2, 0.25) is 5.79 Å². The van der Waals surface area contributed by atoms with Gasteiger partial charge in [-0.05, 0) is 41.7 Å². The molecule has 2 saturated heterocycles. The summed E-state index contributed by atoms with van der Waals surface area (Å²) in [7, 11) is 0. The monoisotopic (exact) mass is 547 g/mol. The smallest absolute Gasteiger partial charge is 0.215 e. The van der Waals surface area contributed by atoms with E-state index in [-0.39, 0.29) is 17.7 Å². The minimum absolute atomic E-state index is 0.105. The first-order chi connectivity index (χ1) is 18.0. The number of piperazine rings is 1. The molecule has 1 aromatic heterocycles. The molecule has 0 unspecified atom stereocenters. The summed E-state index contributed by atoms with van der Waals surface area (Å²) in [6.45, 7) is 3.02. The average molecular weight is 548 g/mol. The fourth-order valence-electron chi connectivity index (χ4n) is 4.49. The minimum Gasteiger partial charge on any atom is -0.737 e. The Bertz CT molecular complexity index is 1220. The summed E-state index contributed by atoms with van der Waals surface area (Å²) < 4.78 is 20.5. The Balaban J connectivity index is 1.21. The van der Waals surface area contributed by atoms with E-state index in [1.807, 2.05) is 41.1 Å². The number of nitrogens with zero attached hydrogens (tertiary/aromatic N) is 6. The number of hydrazine groups is 1. The van der Waals surface area contributed by atoms with Crippen LogP contribution in [0.25, 0.3) is 0 Å². The highest BCUT2D eigenvalue weighted by atomic mass is 35.5. The lowest BCUT2D eigenvalue weighted by Gasteiger charge is -2.33. The van der Waals surface area contributed by atoms with Crippen molar-refractivity contribution < 1.29 is 19.2 Å². The summed E-state index contributed by atoms with van der Waals surface area (Å²) in [6, 6.07) is 12.9. The second-order valence-corrected chi connectivity index (χ2v) is 9.59. The summed E-state index contributed by atoms with van der Waals surface area (Å²) in [5.74, 6) is -0.417. The van der Waals surface area contributed by atoms with Crippen LogP contribution in [0.1, 0.15) is 5.56 Å². The van der Waals surface area contributed by atoms with Crippen LogP contribution in [0.3, 0.4) is 0 Å². The van der Waals surface area contributed by atoms with Gasteiger partial charge in [0.15, 0.2) is 0 Å². The highest BCUT2D eigenvalue weighted by Gasteiger charge is 2.45. The van der Waals surface area contributed by atoms with Crippen molar-refractivity contribution in [3.63, 3.8) is 0 Å². The standard InChI is InChI=1S/C24H26Cl2N6O5/c25-18-1-6-22(23(26)13-18)24(16-29-8-7-27-17-29)36-15-21(37-24)14-35-20-4-2-19(3-5-20)30-9-11-31(12-10-30)32(34)28-33/h1-8,13,17,21,33H,9-12,14-16H2/p-1/b32-28-/t21-,24-/m0/s1. The predicted molar refractivity (Wildman–Crippen MR) is 136 cm³/mol. The Kier molecular flexibility index (Phi) is 7.56. The molecule has 0 N–H and O–H groups in total. The highest BCUT2D eigenvalue weighted by molar-refractivity contribution is 6.35. The second kappa shape index (κ2) is 11.0. The van der Waals surface area contributed by atoms with Gasteiger partial charge in [-0.25, -0.2) is 4.98 Å². The molecule has 2 aliphatic rings. The first kappa shape index (κ1) is 25.4. The maximum atomic E-state index is 11.4. The Morgan fingerprint density at radius 1 is 1.14 bits per heavy atom. The number of hydrogen-bond acceptors (Lipinski definition) is 8. The number of hydrogen-bond donors (Lipinski definition) is 0. The fourth-order valence-corrected chi connectivity index (χ4v) is 5.05. The maximum absolute atomic E-state index is 11.4. The molecular weight excluding hydrogens is 523 g/mol. The van der Waals surface area contributed by atoms with Crippen LogP contribution in [0.4, 0.5) is 5.69 Å². The lowest BCUT2D eigenvalue weighted by Crippen LogP contribution is -2.48. The number of imidazole rings is 1. The van der Waals surface area contributed by atoms with Gasteiger partial charge in [0.1, 0.15) is 18.5 Å².